The summed E-state index contributed by atoms with van der Waals surface area (Å²) in [6.07, 6.45) is 3.63. The zero-order chi connectivity index (χ0) is 25.3. The van der Waals surface area contributed by atoms with E-state index in [4.69, 9.17) is 0 Å². The third-order valence-corrected chi connectivity index (χ3v) is 5.32. The monoisotopic (exact) mass is 480 g/mol. The topological polar surface area (TPSA) is 203 Å². The molecule has 2 heterocycles. The molecule has 0 radical (unpaired) electrons. The van der Waals surface area contributed by atoms with Crippen LogP contribution < -0.4 is 21.3 Å². The van der Waals surface area contributed by atoms with E-state index in [9.17, 15) is 34.2 Å². The first kappa shape index (κ1) is 26.8. The molecule has 1 saturated heterocycles. The van der Waals surface area contributed by atoms with Gasteiger partial charge in [-0.3, -0.25) is 19.2 Å². The van der Waals surface area contributed by atoms with Gasteiger partial charge in [0.15, 0.2) is 0 Å². The van der Waals surface area contributed by atoms with Crippen LogP contribution in [-0.2, 0) is 30.4 Å². The number of aliphatic carboxylic acids is 2. The molecular weight excluding hydrogens is 448 g/mol. The molecule has 1 aromatic rings. The van der Waals surface area contributed by atoms with Gasteiger partial charge in [0.05, 0.1) is 18.8 Å². The highest BCUT2D eigenvalue weighted by atomic mass is 16.4. The summed E-state index contributed by atoms with van der Waals surface area (Å²) in [7, 11) is 0. The highest BCUT2D eigenvalue weighted by Gasteiger charge is 2.33. The van der Waals surface area contributed by atoms with Gasteiger partial charge in [0.25, 0.3) is 0 Å². The van der Waals surface area contributed by atoms with Crippen LogP contribution in [0.2, 0.25) is 0 Å². The predicted octanol–water partition coefficient (Wildman–Crippen LogP) is -1.24. The number of nitrogens with zero attached hydrogens (tertiary/aromatic N) is 1. The van der Waals surface area contributed by atoms with Crippen molar-refractivity contribution in [1.29, 1.82) is 0 Å². The number of nitrogens with one attached hydrogen (secondary N) is 5. The number of aromatic amines is 1. The zero-order valence-electron chi connectivity index (χ0n) is 19.2. The molecule has 1 aliphatic heterocycles. The Morgan fingerprint density at radius 2 is 1.74 bits per heavy atom. The minimum Gasteiger partial charge on any atom is -0.481 e. The third kappa shape index (κ3) is 8.46. The molecule has 0 aromatic carbocycles. The fraction of sp³-hybridized carbons (Fsp3) is 0.619. The maximum atomic E-state index is 12.9. The van der Waals surface area contributed by atoms with Crippen LogP contribution in [0.15, 0.2) is 12.5 Å². The molecule has 4 unspecified atom stereocenters. The third-order valence-electron chi connectivity index (χ3n) is 5.32. The van der Waals surface area contributed by atoms with Crippen LogP contribution in [0.5, 0.6) is 0 Å². The summed E-state index contributed by atoms with van der Waals surface area (Å²) in [4.78, 5) is 67.7. The van der Waals surface area contributed by atoms with E-state index in [1.807, 2.05) is 13.8 Å². The molecule has 4 atom stereocenters. The molecule has 188 valence electrons. The summed E-state index contributed by atoms with van der Waals surface area (Å²) in [5, 5.41) is 29.0. The number of carbonyl (C=O) groups excluding carboxylic acids is 3. The number of imidazole rings is 1. The van der Waals surface area contributed by atoms with Crippen LogP contribution in [0.25, 0.3) is 0 Å². The quantitative estimate of drug-likeness (QED) is 0.180. The molecule has 13 nitrogen and oxygen atoms in total. The predicted molar refractivity (Wildman–Crippen MR) is 118 cm³/mol. The Morgan fingerprint density at radius 3 is 2.26 bits per heavy atom. The number of H-pyrrole nitrogens is 1. The van der Waals surface area contributed by atoms with Gasteiger partial charge in [0, 0.05) is 18.3 Å². The Labute approximate surface area is 196 Å². The van der Waals surface area contributed by atoms with Crippen molar-refractivity contribution in [3.63, 3.8) is 0 Å². The summed E-state index contributed by atoms with van der Waals surface area (Å²) in [6.45, 7) is 4.27. The Kier molecular flexibility index (Phi) is 9.98. The van der Waals surface area contributed by atoms with Gasteiger partial charge in [-0.15, -0.1) is 0 Å². The van der Waals surface area contributed by atoms with Crippen molar-refractivity contribution < 1.29 is 34.2 Å². The summed E-state index contributed by atoms with van der Waals surface area (Å²) in [5.41, 5.74) is 0.502. The first-order valence-electron chi connectivity index (χ1n) is 11.1. The first-order valence-corrected chi connectivity index (χ1v) is 11.1. The van der Waals surface area contributed by atoms with Gasteiger partial charge in [0.1, 0.15) is 18.1 Å². The molecular formula is C21H32N6O7. The molecule has 1 fully saturated rings. The van der Waals surface area contributed by atoms with E-state index in [2.05, 4.69) is 31.2 Å². The van der Waals surface area contributed by atoms with E-state index in [-0.39, 0.29) is 18.8 Å². The van der Waals surface area contributed by atoms with Gasteiger partial charge in [-0.05, 0) is 31.7 Å². The maximum Gasteiger partial charge on any atom is 0.326 e. The van der Waals surface area contributed by atoms with E-state index in [0.29, 0.717) is 18.7 Å². The summed E-state index contributed by atoms with van der Waals surface area (Å²) in [6, 6.07) is -4.32. The molecule has 3 amide bonds. The number of carboxylic acid groups (broad SMARTS) is 2. The van der Waals surface area contributed by atoms with Crippen molar-refractivity contribution in [2.45, 2.75) is 70.1 Å². The summed E-state index contributed by atoms with van der Waals surface area (Å²) < 4.78 is 0. The number of carboxylic acids is 2. The van der Waals surface area contributed by atoms with E-state index in [1.54, 1.807) is 0 Å². The molecule has 7 N–H and O–H groups in total. The van der Waals surface area contributed by atoms with Crippen molar-refractivity contribution in [1.82, 2.24) is 31.2 Å². The van der Waals surface area contributed by atoms with Gasteiger partial charge < -0.3 is 36.5 Å². The Morgan fingerprint density at radius 1 is 1.06 bits per heavy atom. The number of aromatic nitrogens is 2. The number of amides is 3. The molecule has 0 saturated carbocycles. The number of hydrogen-bond acceptors (Lipinski definition) is 7. The first-order chi connectivity index (χ1) is 16.1. The summed E-state index contributed by atoms with van der Waals surface area (Å²) in [5.74, 6) is -4.67. The fourth-order valence-electron chi connectivity index (χ4n) is 3.63. The van der Waals surface area contributed by atoms with E-state index < -0.39 is 60.2 Å². The lowest BCUT2D eigenvalue weighted by atomic mass is 10.0. The highest BCUT2D eigenvalue weighted by molar-refractivity contribution is 5.95. The van der Waals surface area contributed by atoms with Crippen LogP contribution in [0, 0.1) is 5.92 Å². The Hall–Kier alpha value is -3.48. The minimum absolute atomic E-state index is 0.0461. The fourth-order valence-corrected chi connectivity index (χ4v) is 3.63. The van der Waals surface area contributed by atoms with Crippen LogP contribution in [0.1, 0.15) is 45.2 Å². The second-order valence-corrected chi connectivity index (χ2v) is 8.68. The molecule has 0 spiro atoms. The lowest BCUT2D eigenvalue weighted by Gasteiger charge is -2.25. The van der Waals surface area contributed by atoms with Crippen molar-refractivity contribution in [3.05, 3.63) is 18.2 Å². The smallest absolute Gasteiger partial charge is 0.326 e. The molecule has 34 heavy (non-hydrogen) atoms. The second-order valence-electron chi connectivity index (χ2n) is 8.68. The normalized spacial score (nSPS) is 18.0. The largest absolute Gasteiger partial charge is 0.481 e. The average Bonchev–Trinajstić information content (AvgIpc) is 3.45. The van der Waals surface area contributed by atoms with Crippen molar-refractivity contribution in [2.24, 2.45) is 5.92 Å². The molecule has 13 heteroatoms. The van der Waals surface area contributed by atoms with Crippen LogP contribution in [0.4, 0.5) is 0 Å². The van der Waals surface area contributed by atoms with Crippen LogP contribution in [-0.4, -0.2) is 80.6 Å². The Balaban J connectivity index is 2.10. The van der Waals surface area contributed by atoms with E-state index >= 15 is 0 Å². The molecule has 0 aliphatic carbocycles. The van der Waals surface area contributed by atoms with Crippen molar-refractivity contribution in [3.8, 4) is 0 Å². The van der Waals surface area contributed by atoms with Crippen molar-refractivity contribution in [2.75, 3.05) is 6.54 Å². The van der Waals surface area contributed by atoms with Gasteiger partial charge in [-0.25, -0.2) is 9.78 Å². The Bertz CT molecular complexity index is 867. The van der Waals surface area contributed by atoms with Crippen LogP contribution >= 0.6 is 0 Å². The molecule has 2 rings (SSSR count). The number of carbonyl (C=O) groups is 5. The van der Waals surface area contributed by atoms with Gasteiger partial charge >= 0.3 is 11.9 Å². The standard InChI is InChI=1S/C21H32N6O7/c1-11(2)6-14(19(31)27-16(21(33)34)7-12-9-22-10-24-12)25-20(32)15(8-17(28)29)26-18(30)13-4-3-5-23-13/h9-11,13-16,23H,3-8H2,1-2H3,(H,22,24)(H,25,32)(H,26,30)(H,27,31)(H,28,29)(H,33,34). The number of rotatable bonds is 13. The second kappa shape index (κ2) is 12.7. The van der Waals surface area contributed by atoms with Gasteiger partial charge in [0.2, 0.25) is 17.7 Å². The zero-order valence-corrected chi connectivity index (χ0v) is 19.2. The van der Waals surface area contributed by atoms with Crippen molar-refractivity contribution >= 4 is 29.7 Å². The average molecular weight is 481 g/mol. The molecule has 1 aliphatic rings. The summed E-state index contributed by atoms with van der Waals surface area (Å²) >= 11 is 0. The highest BCUT2D eigenvalue weighted by Crippen LogP contribution is 2.09. The van der Waals surface area contributed by atoms with E-state index in [0.717, 1.165) is 6.42 Å². The van der Waals surface area contributed by atoms with E-state index in [1.165, 1.54) is 12.5 Å². The SMILES string of the molecule is CC(C)CC(NC(=O)C(CC(=O)O)NC(=O)C1CCCN1)C(=O)NC(Cc1cnc[nH]1)C(=O)O. The molecule has 0 bridgehead atoms. The lowest BCUT2D eigenvalue weighted by Crippen LogP contribution is -2.57. The van der Waals surface area contributed by atoms with Crippen LogP contribution in [0.3, 0.4) is 0 Å². The minimum atomic E-state index is -1.39. The molecule has 1 aromatic heterocycles. The lowest BCUT2D eigenvalue weighted by molar-refractivity contribution is -0.143. The number of hydrogen-bond donors (Lipinski definition) is 7. The van der Waals surface area contributed by atoms with Gasteiger partial charge in [-0.1, -0.05) is 13.8 Å². The van der Waals surface area contributed by atoms with Gasteiger partial charge in [-0.2, -0.15) is 0 Å². The maximum absolute atomic E-state index is 12.9.